The van der Waals surface area contributed by atoms with Crippen molar-refractivity contribution in [3.8, 4) is 0 Å². The summed E-state index contributed by atoms with van der Waals surface area (Å²) in [5, 5.41) is 0. The van der Waals surface area contributed by atoms with Crippen LogP contribution in [0, 0.1) is 0 Å². The van der Waals surface area contributed by atoms with E-state index in [9.17, 15) is 18.0 Å². The second kappa shape index (κ2) is 5.14. The van der Waals surface area contributed by atoms with E-state index in [0.29, 0.717) is 0 Å². The monoisotopic (exact) mass is 228 g/mol. The van der Waals surface area contributed by atoms with Crippen LogP contribution in [0.5, 0.6) is 0 Å². The number of hydrogen-bond donors (Lipinski definition) is 1. The van der Waals surface area contributed by atoms with E-state index in [1.165, 1.54) is 0 Å². The standard InChI is InChI=1S/C7H11F3N2OS/c1-2-12(4-5(11)14)6(13)3-7(8,9)10/h2-4H2,1H3,(H2,11,14). The Morgan fingerprint density at radius 2 is 2.00 bits per heavy atom. The molecule has 0 aliphatic heterocycles. The molecule has 0 saturated heterocycles. The van der Waals surface area contributed by atoms with E-state index >= 15 is 0 Å². The molecule has 0 aromatic rings. The van der Waals surface area contributed by atoms with E-state index in [-0.39, 0.29) is 18.1 Å². The minimum atomic E-state index is -4.49. The first-order valence-corrected chi connectivity index (χ1v) is 4.30. The average molecular weight is 228 g/mol. The molecule has 14 heavy (non-hydrogen) atoms. The lowest BCUT2D eigenvalue weighted by Gasteiger charge is -2.20. The fourth-order valence-corrected chi connectivity index (χ4v) is 1.00. The van der Waals surface area contributed by atoms with Crippen LogP contribution in [0.1, 0.15) is 13.3 Å². The number of carbonyl (C=O) groups excluding carboxylic acids is 1. The van der Waals surface area contributed by atoms with Gasteiger partial charge in [0.15, 0.2) is 0 Å². The summed E-state index contributed by atoms with van der Waals surface area (Å²) in [6.45, 7) is 1.61. The van der Waals surface area contributed by atoms with Gasteiger partial charge in [0.05, 0.1) is 11.5 Å². The van der Waals surface area contributed by atoms with Crippen LogP contribution in [0.4, 0.5) is 13.2 Å². The highest BCUT2D eigenvalue weighted by atomic mass is 32.1. The van der Waals surface area contributed by atoms with Crippen molar-refractivity contribution >= 4 is 23.1 Å². The number of nitrogens with zero attached hydrogens (tertiary/aromatic N) is 1. The summed E-state index contributed by atoms with van der Waals surface area (Å²) in [7, 11) is 0. The lowest BCUT2D eigenvalue weighted by atomic mass is 10.3. The van der Waals surface area contributed by atoms with Gasteiger partial charge in [0.1, 0.15) is 6.42 Å². The third kappa shape index (κ3) is 5.74. The summed E-state index contributed by atoms with van der Waals surface area (Å²) < 4.78 is 35.5. The maximum Gasteiger partial charge on any atom is 0.397 e. The third-order valence-electron chi connectivity index (χ3n) is 1.43. The van der Waals surface area contributed by atoms with E-state index in [1.54, 1.807) is 6.92 Å². The van der Waals surface area contributed by atoms with Crippen LogP contribution in [0.25, 0.3) is 0 Å². The van der Waals surface area contributed by atoms with Crippen molar-refractivity contribution in [2.45, 2.75) is 19.5 Å². The minimum absolute atomic E-state index is 0.00220. The average Bonchev–Trinajstić information content (AvgIpc) is 1.96. The maximum absolute atomic E-state index is 11.8. The number of alkyl halides is 3. The van der Waals surface area contributed by atoms with Crippen molar-refractivity contribution in [2.75, 3.05) is 13.1 Å². The Bertz CT molecular complexity index is 229. The highest BCUT2D eigenvalue weighted by molar-refractivity contribution is 7.80. The third-order valence-corrected chi connectivity index (χ3v) is 1.56. The summed E-state index contributed by atoms with van der Waals surface area (Å²) in [5.41, 5.74) is 5.13. The smallest absolute Gasteiger partial charge is 0.392 e. The predicted molar refractivity (Wildman–Crippen MR) is 49.7 cm³/mol. The highest BCUT2D eigenvalue weighted by Gasteiger charge is 2.33. The molecule has 0 radical (unpaired) electrons. The van der Waals surface area contributed by atoms with Crippen LogP contribution in [-0.4, -0.2) is 35.1 Å². The molecule has 0 heterocycles. The van der Waals surface area contributed by atoms with Crippen LogP contribution in [0.3, 0.4) is 0 Å². The van der Waals surface area contributed by atoms with Crippen LogP contribution in [0.15, 0.2) is 0 Å². The fourth-order valence-electron chi connectivity index (χ4n) is 0.848. The molecule has 0 atom stereocenters. The number of carbonyl (C=O) groups is 1. The molecule has 0 aromatic carbocycles. The number of thiocarbonyl (C=S) groups is 1. The summed E-state index contributed by atoms with van der Waals surface area (Å²) >= 11 is 4.50. The minimum Gasteiger partial charge on any atom is -0.392 e. The topological polar surface area (TPSA) is 46.3 Å². The lowest BCUT2D eigenvalue weighted by Crippen LogP contribution is -2.39. The Balaban J connectivity index is 4.25. The number of nitrogens with two attached hydrogens (primary N) is 1. The van der Waals surface area contributed by atoms with Gasteiger partial charge in [-0.05, 0) is 6.92 Å². The molecule has 0 rings (SSSR count). The van der Waals surface area contributed by atoms with E-state index in [2.05, 4.69) is 12.2 Å². The second-order valence-electron chi connectivity index (χ2n) is 2.67. The van der Waals surface area contributed by atoms with Gasteiger partial charge in [0.25, 0.3) is 0 Å². The van der Waals surface area contributed by atoms with Gasteiger partial charge in [0, 0.05) is 6.54 Å². The largest absolute Gasteiger partial charge is 0.397 e. The summed E-state index contributed by atoms with van der Waals surface area (Å²) in [6.07, 6.45) is -5.95. The van der Waals surface area contributed by atoms with Crippen molar-refractivity contribution in [3.63, 3.8) is 0 Å². The van der Waals surface area contributed by atoms with Crippen LogP contribution in [-0.2, 0) is 4.79 Å². The molecule has 0 spiro atoms. The quantitative estimate of drug-likeness (QED) is 0.732. The molecule has 1 amide bonds. The first-order valence-electron chi connectivity index (χ1n) is 3.89. The van der Waals surface area contributed by atoms with Crippen molar-refractivity contribution < 1.29 is 18.0 Å². The van der Waals surface area contributed by atoms with Crippen LogP contribution in [0.2, 0.25) is 0 Å². The zero-order valence-corrected chi connectivity index (χ0v) is 8.41. The van der Waals surface area contributed by atoms with Gasteiger partial charge in [-0.2, -0.15) is 13.2 Å². The molecule has 3 nitrogen and oxygen atoms in total. The Hall–Kier alpha value is -0.850. The van der Waals surface area contributed by atoms with Gasteiger partial charge in [-0.1, -0.05) is 12.2 Å². The molecular formula is C7H11F3N2OS. The van der Waals surface area contributed by atoms with Crippen LogP contribution < -0.4 is 5.73 Å². The molecule has 0 unspecified atom stereocenters. The van der Waals surface area contributed by atoms with E-state index in [4.69, 9.17) is 5.73 Å². The zero-order chi connectivity index (χ0) is 11.4. The summed E-state index contributed by atoms with van der Waals surface area (Å²) in [4.78, 5) is 12.0. The van der Waals surface area contributed by atoms with Gasteiger partial charge >= 0.3 is 6.18 Å². The molecule has 82 valence electrons. The van der Waals surface area contributed by atoms with Gasteiger partial charge in [-0.15, -0.1) is 0 Å². The number of halogens is 3. The molecule has 0 saturated carbocycles. The first kappa shape index (κ1) is 13.2. The number of rotatable bonds is 4. The summed E-state index contributed by atoms with van der Waals surface area (Å²) in [6, 6.07) is 0. The maximum atomic E-state index is 11.8. The van der Waals surface area contributed by atoms with Crippen LogP contribution >= 0.6 is 12.2 Å². The zero-order valence-electron chi connectivity index (χ0n) is 7.60. The molecule has 0 aliphatic rings. The molecule has 2 N–H and O–H groups in total. The van der Waals surface area contributed by atoms with E-state index < -0.39 is 18.5 Å². The molecular weight excluding hydrogens is 217 g/mol. The highest BCUT2D eigenvalue weighted by Crippen LogP contribution is 2.20. The van der Waals surface area contributed by atoms with E-state index in [0.717, 1.165) is 4.90 Å². The van der Waals surface area contributed by atoms with Gasteiger partial charge in [-0.3, -0.25) is 4.79 Å². The van der Waals surface area contributed by atoms with Crippen molar-refractivity contribution in [1.29, 1.82) is 0 Å². The first-order chi connectivity index (χ1) is 6.26. The Labute approximate surface area is 85.0 Å². The lowest BCUT2D eigenvalue weighted by molar-refractivity contribution is -0.160. The van der Waals surface area contributed by atoms with Crippen molar-refractivity contribution in [3.05, 3.63) is 0 Å². The molecule has 0 aromatic heterocycles. The molecule has 7 heteroatoms. The second-order valence-corrected chi connectivity index (χ2v) is 3.19. The normalized spacial score (nSPS) is 11.1. The van der Waals surface area contributed by atoms with Gasteiger partial charge in [0.2, 0.25) is 5.91 Å². The Morgan fingerprint density at radius 3 is 2.29 bits per heavy atom. The number of likely N-dealkylation sites (N-methyl/N-ethyl adjacent to an activating group) is 1. The number of hydrogen-bond acceptors (Lipinski definition) is 2. The fraction of sp³-hybridized carbons (Fsp3) is 0.714. The van der Waals surface area contributed by atoms with E-state index in [1.807, 2.05) is 0 Å². The Morgan fingerprint density at radius 1 is 1.50 bits per heavy atom. The van der Waals surface area contributed by atoms with Gasteiger partial charge < -0.3 is 10.6 Å². The summed E-state index contributed by atoms with van der Waals surface area (Å²) in [5.74, 6) is -1.01. The Kier molecular flexibility index (Phi) is 4.82. The van der Waals surface area contributed by atoms with Crippen molar-refractivity contribution in [2.24, 2.45) is 5.73 Å². The number of amides is 1. The molecule has 0 aliphatic carbocycles. The van der Waals surface area contributed by atoms with Gasteiger partial charge in [-0.25, -0.2) is 0 Å². The SMILES string of the molecule is CCN(CC(N)=S)C(=O)CC(F)(F)F. The van der Waals surface area contributed by atoms with Crippen molar-refractivity contribution in [1.82, 2.24) is 4.90 Å². The molecule has 0 bridgehead atoms. The predicted octanol–water partition coefficient (Wildman–Crippen LogP) is 1.07. The molecule has 0 fully saturated rings.